The smallest absolute Gasteiger partial charge is 0.131 e. The predicted molar refractivity (Wildman–Crippen MR) is 85.6 cm³/mol. The van der Waals surface area contributed by atoms with E-state index in [9.17, 15) is 0 Å². The Morgan fingerprint density at radius 1 is 1.38 bits per heavy atom. The highest BCUT2D eigenvalue weighted by molar-refractivity contribution is 5.72. The minimum Gasteiger partial charge on any atom is -0.496 e. The lowest BCUT2D eigenvalue weighted by Crippen LogP contribution is -2.05. The molecular formula is C17H23N3O. The number of nitrogens with zero attached hydrogens (tertiary/aromatic N) is 2. The monoisotopic (exact) mass is 285 g/mol. The van der Waals surface area contributed by atoms with E-state index in [1.807, 2.05) is 19.1 Å². The number of ether oxygens (including phenoxy) is 1. The molecule has 3 rings (SSSR count). The Labute approximate surface area is 125 Å². The molecule has 1 aliphatic carbocycles. The van der Waals surface area contributed by atoms with Crippen molar-refractivity contribution in [3.8, 4) is 17.0 Å². The summed E-state index contributed by atoms with van der Waals surface area (Å²) in [5, 5.41) is 0. The van der Waals surface area contributed by atoms with E-state index in [-0.39, 0.29) is 0 Å². The van der Waals surface area contributed by atoms with Gasteiger partial charge in [0.05, 0.1) is 7.11 Å². The van der Waals surface area contributed by atoms with E-state index in [2.05, 4.69) is 17.6 Å². The topological polar surface area (TPSA) is 53.1 Å². The molecule has 0 amide bonds. The van der Waals surface area contributed by atoms with Gasteiger partial charge in [0.2, 0.25) is 0 Å². The first-order valence-corrected chi connectivity index (χ1v) is 7.67. The van der Waals surface area contributed by atoms with Crippen LogP contribution in [0.3, 0.4) is 0 Å². The van der Waals surface area contributed by atoms with Crippen LogP contribution in [0.25, 0.3) is 11.3 Å². The van der Waals surface area contributed by atoms with Crippen LogP contribution in [0.5, 0.6) is 5.75 Å². The van der Waals surface area contributed by atoms with Crippen LogP contribution in [0.15, 0.2) is 18.2 Å². The van der Waals surface area contributed by atoms with E-state index >= 15 is 0 Å². The van der Waals surface area contributed by atoms with Crippen LogP contribution in [0, 0.1) is 6.92 Å². The average molecular weight is 285 g/mol. The van der Waals surface area contributed by atoms with Crippen molar-refractivity contribution in [3.05, 3.63) is 29.6 Å². The van der Waals surface area contributed by atoms with Gasteiger partial charge in [-0.1, -0.05) is 6.92 Å². The molecule has 2 aromatic rings. The van der Waals surface area contributed by atoms with Gasteiger partial charge >= 0.3 is 0 Å². The molecule has 4 nitrogen and oxygen atoms in total. The fourth-order valence-corrected chi connectivity index (χ4v) is 2.87. The van der Waals surface area contributed by atoms with Crippen molar-refractivity contribution in [2.24, 2.45) is 0 Å². The molecule has 1 aliphatic rings. The number of imidazole rings is 1. The van der Waals surface area contributed by atoms with Crippen molar-refractivity contribution in [1.82, 2.24) is 9.55 Å². The molecule has 0 bridgehead atoms. The van der Waals surface area contributed by atoms with E-state index < -0.39 is 0 Å². The van der Waals surface area contributed by atoms with Crippen molar-refractivity contribution in [2.75, 3.05) is 12.8 Å². The largest absolute Gasteiger partial charge is 0.496 e. The molecule has 0 aliphatic heterocycles. The highest BCUT2D eigenvalue weighted by Crippen LogP contribution is 2.41. The second kappa shape index (κ2) is 5.43. The summed E-state index contributed by atoms with van der Waals surface area (Å²) in [4.78, 5) is 4.82. The van der Waals surface area contributed by atoms with Crippen molar-refractivity contribution in [3.63, 3.8) is 0 Å². The summed E-state index contributed by atoms with van der Waals surface area (Å²) < 4.78 is 7.57. The molecule has 2 N–H and O–H groups in total. The summed E-state index contributed by atoms with van der Waals surface area (Å²) in [5.74, 6) is 2.83. The standard InChI is InChI=1S/C17H23N3O/c1-4-5-15-19-16(17(18)20(15)13-7-8-13)12-6-9-14(21-3)11(2)10-12/h6,9-10,13H,4-5,7-8,18H2,1-3H3. The van der Waals surface area contributed by atoms with Gasteiger partial charge in [0.15, 0.2) is 0 Å². The molecule has 21 heavy (non-hydrogen) atoms. The maximum Gasteiger partial charge on any atom is 0.131 e. The van der Waals surface area contributed by atoms with Gasteiger partial charge in [-0.05, 0) is 49.9 Å². The molecule has 1 heterocycles. The van der Waals surface area contributed by atoms with Crippen LogP contribution in [-0.4, -0.2) is 16.7 Å². The third kappa shape index (κ3) is 2.50. The van der Waals surface area contributed by atoms with E-state index in [0.717, 1.165) is 47.1 Å². The van der Waals surface area contributed by atoms with Crippen LogP contribution in [0.2, 0.25) is 0 Å². The number of hydrogen-bond donors (Lipinski definition) is 1. The zero-order chi connectivity index (χ0) is 15.0. The molecule has 0 spiro atoms. The third-order valence-electron chi connectivity index (χ3n) is 4.08. The second-order valence-electron chi connectivity index (χ2n) is 5.80. The van der Waals surface area contributed by atoms with Crippen LogP contribution >= 0.6 is 0 Å². The lowest BCUT2D eigenvalue weighted by molar-refractivity contribution is 0.412. The van der Waals surface area contributed by atoms with Crippen molar-refractivity contribution in [1.29, 1.82) is 0 Å². The molecular weight excluding hydrogens is 262 g/mol. The summed E-state index contributed by atoms with van der Waals surface area (Å²) in [5.41, 5.74) is 9.49. The number of hydrogen-bond acceptors (Lipinski definition) is 3. The van der Waals surface area contributed by atoms with Crippen molar-refractivity contribution < 1.29 is 4.74 Å². The molecule has 4 heteroatoms. The lowest BCUT2D eigenvalue weighted by Gasteiger charge is -2.08. The Bertz CT molecular complexity index is 656. The van der Waals surface area contributed by atoms with Crippen LogP contribution in [-0.2, 0) is 6.42 Å². The highest BCUT2D eigenvalue weighted by atomic mass is 16.5. The van der Waals surface area contributed by atoms with Crippen molar-refractivity contribution in [2.45, 2.75) is 45.6 Å². The van der Waals surface area contributed by atoms with Gasteiger partial charge in [-0.25, -0.2) is 4.98 Å². The van der Waals surface area contributed by atoms with Gasteiger partial charge in [-0.3, -0.25) is 0 Å². The van der Waals surface area contributed by atoms with Gasteiger partial charge in [0.25, 0.3) is 0 Å². The average Bonchev–Trinajstić information content (AvgIpc) is 3.24. The predicted octanol–water partition coefficient (Wildman–Crippen LogP) is 3.74. The number of benzene rings is 1. The number of nitrogen functional groups attached to an aromatic ring is 1. The van der Waals surface area contributed by atoms with Gasteiger partial charge in [-0.2, -0.15) is 0 Å². The first kappa shape index (κ1) is 14.0. The van der Waals surface area contributed by atoms with Gasteiger partial charge in [-0.15, -0.1) is 0 Å². The molecule has 1 fully saturated rings. The summed E-state index contributed by atoms with van der Waals surface area (Å²) >= 11 is 0. The molecule has 1 aromatic carbocycles. The molecule has 0 atom stereocenters. The zero-order valence-corrected chi connectivity index (χ0v) is 13.0. The van der Waals surface area contributed by atoms with Gasteiger partial charge < -0.3 is 15.0 Å². The molecule has 0 unspecified atom stereocenters. The summed E-state index contributed by atoms with van der Waals surface area (Å²) in [6.07, 6.45) is 4.51. The minimum absolute atomic E-state index is 0.562. The van der Waals surface area contributed by atoms with E-state index in [1.54, 1.807) is 7.11 Å². The number of aromatic nitrogens is 2. The first-order chi connectivity index (χ1) is 10.2. The maximum atomic E-state index is 6.40. The second-order valence-corrected chi connectivity index (χ2v) is 5.80. The molecule has 0 radical (unpaired) electrons. The van der Waals surface area contributed by atoms with E-state index in [1.165, 1.54) is 12.8 Å². The molecule has 1 saturated carbocycles. The maximum absolute atomic E-state index is 6.40. The molecule has 0 saturated heterocycles. The van der Waals surface area contributed by atoms with Crippen LogP contribution in [0.1, 0.15) is 43.6 Å². The number of rotatable bonds is 5. The summed E-state index contributed by atoms with van der Waals surface area (Å²) in [6, 6.07) is 6.69. The van der Waals surface area contributed by atoms with Crippen LogP contribution < -0.4 is 10.5 Å². The summed E-state index contributed by atoms with van der Waals surface area (Å²) in [6.45, 7) is 4.22. The van der Waals surface area contributed by atoms with Crippen molar-refractivity contribution >= 4 is 5.82 Å². The summed E-state index contributed by atoms with van der Waals surface area (Å²) in [7, 11) is 1.69. The lowest BCUT2D eigenvalue weighted by atomic mass is 10.1. The number of nitrogens with two attached hydrogens (primary N) is 1. The number of methoxy groups -OCH3 is 1. The zero-order valence-electron chi connectivity index (χ0n) is 13.0. The normalized spacial score (nSPS) is 14.4. The quantitative estimate of drug-likeness (QED) is 0.910. The van der Waals surface area contributed by atoms with E-state index in [4.69, 9.17) is 15.5 Å². The molecule has 112 valence electrons. The van der Waals surface area contributed by atoms with Gasteiger partial charge in [0.1, 0.15) is 23.1 Å². The minimum atomic E-state index is 0.562. The SMILES string of the molecule is CCCc1nc(-c2ccc(OC)c(C)c2)c(N)n1C1CC1. The molecule has 1 aromatic heterocycles. The number of aryl methyl sites for hydroxylation is 2. The first-order valence-electron chi connectivity index (χ1n) is 7.67. The van der Waals surface area contributed by atoms with E-state index in [0.29, 0.717) is 6.04 Å². The van der Waals surface area contributed by atoms with Crippen LogP contribution in [0.4, 0.5) is 5.82 Å². The number of anilines is 1. The third-order valence-corrected chi connectivity index (χ3v) is 4.08. The fourth-order valence-electron chi connectivity index (χ4n) is 2.87. The fraction of sp³-hybridized carbons (Fsp3) is 0.471. The Kier molecular flexibility index (Phi) is 3.62. The Balaban J connectivity index is 2.05. The van der Waals surface area contributed by atoms with Gasteiger partial charge in [0, 0.05) is 18.0 Å². The Morgan fingerprint density at radius 3 is 2.71 bits per heavy atom. The Morgan fingerprint density at radius 2 is 2.14 bits per heavy atom. The highest BCUT2D eigenvalue weighted by Gasteiger charge is 2.29. The Hall–Kier alpha value is -1.97.